The van der Waals surface area contributed by atoms with Crippen LogP contribution in [-0.2, 0) is 0 Å². The SMILES string of the molecule is CN=C(c1ccc(Br)cc1)[C@H](C)O.[Ac]. The van der Waals surface area contributed by atoms with Gasteiger partial charge in [0, 0.05) is 55.6 Å². The van der Waals surface area contributed by atoms with Crippen LogP contribution in [0.5, 0.6) is 0 Å². The maximum absolute atomic E-state index is 9.39. The molecule has 1 N–H and O–H groups in total. The Morgan fingerprint density at radius 1 is 1.36 bits per heavy atom. The number of halogens is 1. The van der Waals surface area contributed by atoms with Crippen molar-refractivity contribution in [2.24, 2.45) is 4.99 Å². The first-order valence-corrected chi connectivity index (χ1v) is 4.85. The quantitative estimate of drug-likeness (QED) is 0.663. The third-order valence-electron chi connectivity index (χ3n) is 1.78. The summed E-state index contributed by atoms with van der Waals surface area (Å²) in [5, 5.41) is 9.39. The molecule has 0 heterocycles. The van der Waals surface area contributed by atoms with Gasteiger partial charge in [-0.2, -0.15) is 0 Å². The smallest absolute Gasteiger partial charge is 0.0933 e. The Morgan fingerprint density at radius 2 is 1.86 bits per heavy atom. The predicted octanol–water partition coefficient (Wildman–Crippen LogP) is 2.25. The number of nitrogens with zero attached hydrogens (tertiary/aromatic N) is 1. The molecule has 2 nitrogen and oxygen atoms in total. The number of benzene rings is 1. The third kappa shape index (κ3) is 4.10. The Balaban J connectivity index is 0.00000169. The minimum atomic E-state index is -0.522. The number of hydrogen-bond donors (Lipinski definition) is 1. The van der Waals surface area contributed by atoms with Gasteiger partial charge in [-0.1, -0.05) is 28.1 Å². The first kappa shape index (κ1) is 14.8. The van der Waals surface area contributed by atoms with Gasteiger partial charge >= 0.3 is 0 Å². The summed E-state index contributed by atoms with van der Waals surface area (Å²) in [5.74, 6) is 0. The standard InChI is InChI=1S/C10H12BrNO.Ac/c1-7(13)10(12-2)8-3-5-9(11)6-4-8;/h3-7,13H,1-2H3;/t7-;/m0./s1. The third-order valence-corrected chi connectivity index (χ3v) is 2.31. The molecular formula is C10H12AcBrNO. The molecule has 14 heavy (non-hydrogen) atoms. The molecule has 0 bridgehead atoms. The van der Waals surface area contributed by atoms with E-state index in [-0.39, 0.29) is 44.1 Å². The number of aliphatic hydroxyl groups excluding tert-OH is 1. The van der Waals surface area contributed by atoms with E-state index >= 15 is 0 Å². The normalized spacial score (nSPS) is 13.3. The zero-order valence-corrected chi connectivity index (χ0v) is 14.6. The molecule has 0 spiro atoms. The Morgan fingerprint density at radius 3 is 2.21 bits per heavy atom. The summed E-state index contributed by atoms with van der Waals surface area (Å²) in [6.45, 7) is 1.71. The van der Waals surface area contributed by atoms with Crippen LogP contribution >= 0.6 is 15.9 Å². The van der Waals surface area contributed by atoms with E-state index < -0.39 is 6.10 Å². The maximum Gasteiger partial charge on any atom is 0.0933 e. The van der Waals surface area contributed by atoms with E-state index in [1.165, 1.54) is 0 Å². The van der Waals surface area contributed by atoms with Crippen molar-refractivity contribution in [3.05, 3.63) is 34.3 Å². The van der Waals surface area contributed by atoms with Gasteiger partial charge in [0.05, 0.1) is 11.8 Å². The van der Waals surface area contributed by atoms with Crippen LogP contribution in [0.15, 0.2) is 33.7 Å². The van der Waals surface area contributed by atoms with Crippen molar-refractivity contribution in [1.29, 1.82) is 0 Å². The molecule has 0 saturated carbocycles. The summed E-state index contributed by atoms with van der Waals surface area (Å²) in [6.07, 6.45) is -0.522. The molecule has 0 aliphatic heterocycles. The molecule has 4 heteroatoms. The van der Waals surface area contributed by atoms with Crippen molar-refractivity contribution in [2.75, 3.05) is 7.05 Å². The van der Waals surface area contributed by atoms with Crippen molar-refractivity contribution >= 4 is 21.6 Å². The minimum absolute atomic E-state index is 0. The van der Waals surface area contributed by atoms with Gasteiger partial charge < -0.3 is 5.11 Å². The Kier molecular flexibility index (Phi) is 7.50. The van der Waals surface area contributed by atoms with Crippen molar-refractivity contribution in [1.82, 2.24) is 0 Å². The zero-order chi connectivity index (χ0) is 9.84. The van der Waals surface area contributed by atoms with Gasteiger partial charge in [0.1, 0.15) is 0 Å². The van der Waals surface area contributed by atoms with E-state index in [0.717, 1.165) is 10.0 Å². The van der Waals surface area contributed by atoms with Crippen molar-refractivity contribution in [3.63, 3.8) is 0 Å². The average Bonchev–Trinajstić information content (AvgIpc) is 2.09. The van der Waals surface area contributed by atoms with E-state index in [1.807, 2.05) is 24.3 Å². The second kappa shape index (κ2) is 7.11. The fourth-order valence-electron chi connectivity index (χ4n) is 1.18. The van der Waals surface area contributed by atoms with E-state index in [4.69, 9.17) is 0 Å². The van der Waals surface area contributed by atoms with Crippen LogP contribution in [0, 0.1) is 44.1 Å². The Hall–Kier alpha value is 0.772. The van der Waals surface area contributed by atoms with Crippen LogP contribution < -0.4 is 0 Å². The van der Waals surface area contributed by atoms with Crippen LogP contribution in [0.3, 0.4) is 0 Å². The maximum atomic E-state index is 9.39. The van der Waals surface area contributed by atoms with Gasteiger partial charge in [-0.3, -0.25) is 4.99 Å². The monoisotopic (exact) mass is 468 g/mol. The van der Waals surface area contributed by atoms with Crippen LogP contribution in [0.1, 0.15) is 12.5 Å². The van der Waals surface area contributed by atoms with E-state index in [0.29, 0.717) is 5.71 Å². The fourth-order valence-corrected chi connectivity index (χ4v) is 1.44. The van der Waals surface area contributed by atoms with Crippen molar-refractivity contribution < 1.29 is 49.2 Å². The van der Waals surface area contributed by atoms with E-state index in [9.17, 15) is 5.11 Å². The molecule has 0 unspecified atom stereocenters. The molecule has 1 rings (SSSR count). The molecule has 0 aliphatic carbocycles. The van der Waals surface area contributed by atoms with Gasteiger partial charge in [0.25, 0.3) is 0 Å². The van der Waals surface area contributed by atoms with Gasteiger partial charge in [-0.25, -0.2) is 0 Å². The molecule has 1 atom stereocenters. The molecule has 1 radical (unpaired) electrons. The molecular weight excluding hydrogens is 457 g/mol. The first-order chi connectivity index (χ1) is 6.15. The fraction of sp³-hybridized carbons (Fsp3) is 0.300. The first-order valence-electron chi connectivity index (χ1n) is 4.06. The molecule has 0 saturated heterocycles. The number of hydrogen-bond acceptors (Lipinski definition) is 2. The van der Waals surface area contributed by atoms with Crippen molar-refractivity contribution in [3.8, 4) is 0 Å². The molecule has 1 aromatic carbocycles. The van der Waals surface area contributed by atoms with Crippen LogP contribution in [0.2, 0.25) is 0 Å². The van der Waals surface area contributed by atoms with Crippen LogP contribution in [-0.4, -0.2) is 24.0 Å². The van der Waals surface area contributed by atoms with Crippen molar-refractivity contribution in [2.45, 2.75) is 13.0 Å². The summed E-state index contributed by atoms with van der Waals surface area (Å²) in [7, 11) is 1.68. The largest absolute Gasteiger partial charge is 0.387 e. The Labute approximate surface area is 129 Å². The summed E-state index contributed by atoms with van der Waals surface area (Å²) in [4.78, 5) is 4.04. The van der Waals surface area contributed by atoms with Crippen LogP contribution in [0.4, 0.5) is 0 Å². The number of aliphatic hydroxyl groups is 1. The summed E-state index contributed by atoms with van der Waals surface area (Å²) in [6, 6.07) is 7.73. The van der Waals surface area contributed by atoms with Crippen LogP contribution in [0.25, 0.3) is 0 Å². The molecule has 0 amide bonds. The Bertz CT molecular complexity index is 308. The van der Waals surface area contributed by atoms with E-state index in [2.05, 4.69) is 20.9 Å². The number of rotatable bonds is 2. The topological polar surface area (TPSA) is 32.6 Å². The molecule has 0 fully saturated rings. The second-order valence-corrected chi connectivity index (χ2v) is 3.71. The summed E-state index contributed by atoms with van der Waals surface area (Å²) < 4.78 is 1.03. The van der Waals surface area contributed by atoms with E-state index in [1.54, 1.807) is 14.0 Å². The van der Waals surface area contributed by atoms with Gasteiger partial charge in [-0.15, -0.1) is 0 Å². The number of aliphatic imine (C=N–C) groups is 1. The zero-order valence-electron chi connectivity index (χ0n) is 8.24. The summed E-state index contributed by atoms with van der Waals surface area (Å²) in [5.41, 5.74) is 1.67. The molecule has 0 aromatic heterocycles. The molecule has 0 aliphatic rings. The van der Waals surface area contributed by atoms with Gasteiger partial charge in [0.15, 0.2) is 0 Å². The van der Waals surface area contributed by atoms with Gasteiger partial charge in [-0.05, 0) is 24.6 Å². The van der Waals surface area contributed by atoms with Gasteiger partial charge in [0.2, 0.25) is 0 Å². The predicted molar refractivity (Wildman–Crippen MR) is 58.3 cm³/mol. The average molecular weight is 469 g/mol. The second-order valence-electron chi connectivity index (χ2n) is 2.79. The molecule has 73 valence electrons. The molecule has 1 aromatic rings. The summed E-state index contributed by atoms with van der Waals surface area (Å²) >= 11 is 3.35. The minimum Gasteiger partial charge on any atom is -0.387 e.